The van der Waals surface area contributed by atoms with Gasteiger partial charge in [0, 0.05) is 23.3 Å². The summed E-state index contributed by atoms with van der Waals surface area (Å²) in [4.78, 5) is 0. The lowest BCUT2D eigenvalue weighted by Gasteiger charge is -2.04. The molecule has 0 atom stereocenters. The molecule has 0 aromatic carbocycles. The summed E-state index contributed by atoms with van der Waals surface area (Å²) < 4.78 is 4.06. The highest BCUT2D eigenvalue weighted by Crippen LogP contribution is 2.26. The monoisotopic (exact) mass is 228 g/mol. The van der Waals surface area contributed by atoms with E-state index in [1.807, 2.05) is 0 Å². The van der Waals surface area contributed by atoms with Crippen LogP contribution in [0.2, 0.25) is 0 Å². The Kier molecular flexibility index (Phi) is 8.68. The van der Waals surface area contributed by atoms with Gasteiger partial charge in [0.05, 0.1) is 11.2 Å². The van der Waals surface area contributed by atoms with Crippen LogP contribution in [0, 0.1) is 0 Å². The highest BCUT2D eigenvalue weighted by Gasteiger charge is 1.95. The molecule has 0 unspecified atom stereocenters. The fourth-order valence-electron chi connectivity index (χ4n) is 0.0601. The molecule has 50 valence electrons. The van der Waals surface area contributed by atoms with Gasteiger partial charge in [-0.1, -0.05) is 12.8 Å². The summed E-state index contributed by atoms with van der Waals surface area (Å²) in [5, 5.41) is 0. The first-order chi connectivity index (χ1) is 3.81. The van der Waals surface area contributed by atoms with Gasteiger partial charge in [0.25, 0.3) is 0 Å². The van der Waals surface area contributed by atoms with Gasteiger partial charge in [-0.05, 0) is 21.4 Å². The van der Waals surface area contributed by atoms with Crippen LogP contribution in [0.1, 0.15) is 0 Å². The first-order valence-electron chi connectivity index (χ1n) is 1.28. The van der Waals surface area contributed by atoms with E-state index in [1.54, 1.807) is 0 Å². The fourth-order valence-corrected chi connectivity index (χ4v) is 1.62. The topological polar surface area (TPSA) is 15.3 Å². The Morgan fingerprint density at radius 1 is 1.50 bits per heavy atom. The van der Waals surface area contributed by atoms with Gasteiger partial charge in [-0.2, -0.15) is 4.13 Å². The predicted octanol–water partition coefficient (Wildman–Crippen LogP) is 2.89. The lowest BCUT2D eigenvalue weighted by molar-refractivity contribution is 1.31. The minimum atomic E-state index is 0.963. The van der Waals surface area contributed by atoms with E-state index in [4.69, 9.17) is 21.4 Å². The molecule has 0 saturated carbocycles. The van der Waals surface area contributed by atoms with E-state index in [9.17, 15) is 0 Å². The van der Waals surface area contributed by atoms with Crippen LogP contribution in [0.25, 0.3) is 0 Å². The zero-order chi connectivity index (χ0) is 6.41. The van der Waals surface area contributed by atoms with E-state index in [-0.39, 0.29) is 0 Å². The summed E-state index contributed by atoms with van der Waals surface area (Å²) in [6.07, 6.45) is 0. The van der Waals surface area contributed by atoms with Gasteiger partial charge in [0.15, 0.2) is 0 Å². The normalized spacial score (nSPS) is 10.5. The smallest absolute Gasteiger partial charge is 0.0537 e. The van der Waals surface area contributed by atoms with Crippen LogP contribution >= 0.6 is 68.6 Å². The van der Waals surface area contributed by atoms with Crippen molar-refractivity contribution in [1.29, 1.82) is 0 Å². The third kappa shape index (κ3) is 6.03. The number of hydrogen-bond acceptors (Lipinski definition) is 6. The number of nitrogens with zero attached hydrogens (tertiary/aromatic N) is 1. The zero-order valence-corrected chi connectivity index (χ0v) is 8.23. The van der Waals surface area contributed by atoms with Crippen LogP contribution in [-0.2, 0) is 0 Å². The molecule has 2 nitrogen and oxygen atoms in total. The Balaban J connectivity index is 2.86. The van der Waals surface area contributed by atoms with Gasteiger partial charge in [-0.25, -0.2) is 0 Å². The van der Waals surface area contributed by atoms with Gasteiger partial charge in [-0.15, -0.1) is 3.12 Å². The van der Waals surface area contributed by atoms with Crippen molar-refractivity contribution >= 4 is 68.6 Å². The molecule has 0 aromatic heterocycles. The lowest BCUT2D eigenvalue weighted by Crippen LogP contribution is -1.93. The van der Waals surface area contributed by atoms with Gasteiger partial charge in [0.2, 0.25) is 0 Å². The van der Waals surface area contributed by atoms with Gasteiger partial charge < -0.3 is 0 Å². The average Bonchev–Trinajstić information content (AvgIpc) is 1.83. The van der Waals surface area contributed by atoms with Crippen LogP contribution in [0.15, 0.2) is 0 Å². The quantitative estimate of drug-likeness (QED) is 0.567. The van der Waals surface area contributed by atoms with Crippen molar-refractivity contribution in [3.05, 3.63) is 0 Å². The third-order valence-corrected chi connectivity index (χ3v) is 3.48. The van der Waals surface area contributed by atoms with E-state index in [0.717, 1.165) is 22.3 Å². The second kappa shape index (κ2) is 7.01. The molecule has 0 bridgehead atoms. The van der Waals surface area contributed by atoms with Crippen LogP contribution in [0.4, 0.5) is 0 Å². The molecule has 0 amide bonds. The highest BCUT2D eigenvalue weighted by atomic mass is 35.7. The Bertz CT molecular complexity index is 51.3. The van der Waals surface area contributed by atoms with Crippen molar-refractivity contribution in [3.63, 3.8) is 0 Å². The van der Waals surface area contributed by atoms with E-state index < -0.39 is 0 Å². The maximum atomic E-state index is 5.24. The summed E-state index contributed by atoms with van der Waals surface area (Å²) in [5.74, 6) is 0. The third-order valence-electron chi connectivity index (χ3n) is 0.206. The van der Waals surface area contributed by atoms with Gasteiger partial charge in [-0.3, -0.25) is 0 Å². The first-order valence-corrected chi connectivity index (χ1v) is 5.70. The van der Waals surface area contributed by atoms with Crippen LogP contribution in [0.5, 0.6) is 0 Å². The number of rotatable bonds is 4. The van der Waals surface area contributed by atoms with Crippen molar-refractivity contribution in [2.75, 3.05) is 0 Å². The molecule has 0 spiro atoms. The van der Waals surface area contributed by atoms with Crippen molar-refractivity contribution < 1.29 is 0 Å². The molecular weight excluding hydrogens is 227 g/mol. The molecule has 0 aliphatic heterocycles. The first kappa shape index (κ1) is 9.90. The summed E-state index contributed by atoms with van der Waals surface area (Å²) in [7, 11) is 10.4. The van der Waals surface area contributed by atoms with E-state index in [0.29, 0.717) is 0 Å². The maximum absolute atomic E-state index is 5.24. The van der Waals surface area contributed by atoms with Gasteiger partial charge in [0.1, 0.15) is 0 Å². The van der Waals surface area contributed by atoms with E-state index >= 15 is 0 Å². The van der Waals surface area contributed by atoms with Crippen LogP contribution < -0.4 is 4.13 Å². The van der Waals surface area contributed by atoms with Crippen LogP contribution in [-0.4, -0.2) is 3.12 Å². The second-order valence-corrected chi connectivity index (χ2v) is 4.48. The molecular formula is H2Cl2N2S4. The highest BCUT2D eigenvalue weighted by molar-refractivity contribution is 8.34. The summed E-state index contributed by atoms with van der Waals surface area (Å²) >= 11 is 6.97. The number of thiol groups is 1. The Morgan fingerprint density at radius 2 is 2.12 bits per heavy atom. The number of nitrogens with one attached hydrogen (secondary N) is 1. The van der Waals surface area contributed by atoms with Crippen molar-refractivity contribution in [1.82, 2.24) is 7.24 Å². The largest absolute Gasteiger partial charge is 0.179 e. The molecule has 8 heavy (non-hydrogen) atoms. The van der Waals surface area contributed by atoms with Crippen molar-refractivity contribution in [2.45, 2.75) is 0 Å². The van der Waals surface area contributed by atoms with Crippen molar-refractivity contribution in [2.24, 2.45) is 0 Å². The molecule has 1 N–H and O–H groups in total. The van der Waals surface area contributed by atoms with E-state index in [2.05, 4.69) is 16.9 Å². The summed E-state index contributed by atoms with van der Waals surface area (Å²) in [6.45, 7) is 0. The molecule has 0 heterocycles. The summed E-state index contributed by atoms with van der Waals surface area (Å²) in [5.41, 5.74) is 0. The predicted molar refractivity (Wildman–Crippen MR) is 48.4 cm³/mol. The maximum Gasteiger partial charge on any atom is 0.0537 e. The molecule has 0 radical (unpaired) electrons. The fraction of sp³-hybridized carbons (Fsp3) is 0. The molecule has 0 saturated heterocycles. The molecule has 0 aliphatic rings. The molecule has 0 fully saturated rings. The Labute approximate surface area is 75.5 Å². The van der Waals surface area contributed by atoms with Crippen molar-refractivity contribution in [3.8, 4) is 0 Å². The van der Waals surface area contributed by atoms with E-state index in [1.165, 1.54) is 15.2 Å². The van der Waals surface area contributed by atoms with Gasteiger partial charge >= 0.3 is 0 Å². The molecule has 0 aliphatic carbocycles. The molecule has 0 rings (SSSR count). The summed E-state index contributed by atoms with van der Waals surface area (Å²) in [6, 6.07) is 0. The Morgan fingerprint density at radius 3 is 2.50 bits per heavy atom. The average molecular weight is 229 g/mol. The van der Waals surface area contributed by atoms with Crippen LogP contribution in [0.3, 0.4) is 0 Å². The SMILES string of the molecule is SN(SCl)SNSCl. The zero-order valence-electron chi connectivity index (χ0n) is 3.38. The minimum absolute atomic E-state index is 0.963. The number of hydrogen-bond donors (Lipinski definition) is 2. The molecule has 8 heteroatoms. The standard InChI is InChI=1S/Cl2H2N2S4/c1-6-3-8-4(5)7-2/h3,5H. The lowest BCUT2D eigenvalue weighted by atomic mass is 13.8. The minimum Gasteiger partial charge on any atom is -0.179 e. The Hall–Kier alpha value is 1.90. The second-order valence-electron chi connectivity index (χ2n) is 0.559. The molecule has 0 aromatic rings. The number of halogens is 2.